The second-order valence-corrected chi connectivity index (χ2v) is 6.78. The molecule has 134 valence electrons. The van der Waals surface area contributed by atoms with Crippen molar-refractivity contribution < 1.29 is 14.3 Å². The van der Waals surface area contributed by atoms with E-state index in [4.69, 9.17) is 4.74 Å². The largest absolute Gasteiger partial charge is 0.457 e. The van der Waals surface area contributed by atoms with Crippen molar-refractivity contribution in [2.75, 3.05) is 6.26 Å². The lowest BCUT2D eigenvalue weighted by atomic mass is 9.95. The number of urea groups is 1. The normalized spacial score (nSPS) is 16.7. The zero-order valence-electron chi connectivity index (χ0n) is 14.6. The van der Waals surface area contributed by atoms with Crippen LogP contribution in [0.5, 0.6) is 0 Å². The Kier molecular flexibility index (Phi) is 5.63. The Morgan fingerprint density at radius 3 is 2.46 bits per heavy atom. The van der Waals surface area contributed by atoms with E-state index in [9.17, 15) is 9.59 Å². The highest BCUT2D eigenvalue weighted by atomic mass is 32.2. The summed E-state index contributed by atoms with van der Waals surface area (Å²) in [6.07, 6.45) is 2.00. The third kappa shape index (κ3) is 4.08. The van der Waals surface area contributed by atoms with Gasteiger partial charge in [0.15, 0.2) is 0 Å². The summed E-state index contributed by atoms with van der Waals surface area (Å²) < 4.78 is 5.48. The van der Waals surface area contributed by atoms with Crippen LogP contribution in [-0.4, -0.2) is 18.3 Å². The van der Waals surface area contributed by atoms with Crippen molar-refractivity contribution in [1.29, 1.82) is 0 Å². The van der Waals surface area contributed by atoms with Crippen molar-refractivity contribution in [1.82, 2.24) is 10.6 Å². The molecular weight excluding hydrogens is 348 g/mol. The van der Waals surface area contributed by atoms with Crippen molar-refractivity contribution in [3.63, 3.8) is 0 Å². The van der Waals surface area contributed by atoms with Crippen LogP contribution in [0.25, 0.3) is 0 Å². The number of nitrogens with one attached hydrogen (secondary N) is 2. The highest BCUT2D eigenvalue weighted by Crippen LogP contribution is 2.29. The number of ether oxygens (including phenoxy) is 1. The van der Waals surface area contributed by atoms with Gasteiger partial charge in [-0.1, -0.05) is 42.5 Å². The molecule has 1 heterocycles. The molecule has 0 radical (unpaired) electrons. The monoisotopic (exact) mass is 368 g/mol. The van der Waals surface area contributed by atoms with Crippen LogP contribution in [0.15, 0.2) is 70.8 Å². The molecule has 0 spiro atoms. The summed E-state index contributed by atoms with van der Waals surface area (Å²) in [5, 5.41) is 5.47. The Labute approximate surface area is 156 Å². The first-order valence-corrected chi connectivity index (χ1v) is 9.44. The molecule has 2 aromatic rings. The quantitative estimate of drug-likeness (QED) is 0.623. The first-order chi connectivity index (χ1) is 12.6. The van der Waals surface area contributed by atoms with Gasteiger partial charge in [-0.05, 0) is 36.4 Å². The lowest BCUT2D eigenvalue weighted by Gasteiger charge is -2.28. The van der Waals surface area contributed by atoms with E-state index in [-0.39, 0.29) is 12.6 Å². The summed E-state index contributed by atoms with van der Waals surface area (Å²) in [6, 6.07) is 16.4. The number of hydrogen-bond donors (Lipinski definition) is 2. The molecular formula is C20H20N2O3S. The molecule has 1 atom stereocenters. The number of hydrogen-bond acceptors (Lipinski definition) is 4. The maximum atomic E-state index is 12.7. The maximum Gasteiger partial charge on any atom is 0.338 e. The van der Waals surface area contributed by atoms with Crippen LogP contribution in [0.3, 0.4) is 0 Å². The Bertz CT molecular complexity index is 832. The van der Waals surface area contributed by atoms with Crippen molar-refractivity contribution in [3.8, 4) is 0 Å². The molecule has 1 aliphatic rings. The van der Waals surface area contributed by atoms with Crippen molar-refractivity contribution in [3.05, 3.63) is 77.0 Å². The lowest BCUT2D eigenvalue weighted by molar-refractivity contribution is -0.140. The Hall–Kier alpha value is -2.73. The number of carbonyl (C=O) groups is 2. The van der Waals surface area contributed by atoms with Crippen LogP contribution >= 0.6 is 11.8 Å². The smallest absolute Gasteiger partial charge is 0.338 e. The number of carbonyl (C=O) groups excluding carboxylic acids is 2. The maximum absolute atomic E-state index is 12.7. The minimum Gasteiger partial charge on any atom is -0.457 e. The average Bonchev–Trinajstić information content (AvgIpc) is 2.66. The minimum absolute atomic E-state index is 0.183. The third-order valence-corrected chi connectivity index (χ3v) is 4.89. The summed E-state index contributed by atoms with van der Waals surface area (Å²) in [7, 11) is 0. The Morgan fingerprint density at radius 1 is 1.12 bits per heavy atom. The van der Waals surface area contributed by atoms with Gasteiger partial charge in [0.1, 0.15) is 6.61 Å². The number of benzene rings is 2. The highest BCUT2D eigenvalue weighted by molar-refractivity contribution is 7.98. The van der Waals surface area contributed by atoms with Crippen LogP contribution < -0.4 is 10.6 Å². The molecule has 0 saturated heterocycles. The highest BCUT2D eigenvalue weighted by Gasteiger charge is 2.32. The van der Waals surface area contributed by atoms with E-state index >= 15 is 0 Å². The van der Waals surface area contributed by atoms with E-state index in [2.05, 4.69) is 10.6 Å². The Balaban J connectivity index is 1.83. The lowest BCUT2D eigenvalue weighted by Crippen LogP contribution is -2.45. The van der Waals surface area contributed by atoms with E-state index < -0.39 is 12.0 Å². The predicted molar refractivity (Wildman–Crippen MR) is 102 cm³/mol. The second-order valence-electron chi connectivity index (χ2n) is 5.91. The molecule has 2 N–H and O–H groups in total. The van der Waals surface area contributed by atoms with E-state index in [0.717, 1.165) is 16.0 Å². The summed E-state index contributed by atoms with van der Waals surface area (Å²) in [6.45, 7) is 1.89. The standard InChI is InChI=1S/C20H20N2O3S/c1-13-17(19(23)25-12-14-6-4-3-5-7-14)18(22-20(24)21-13)15-8-10-16(26-2)11-9-15/h3-11,18H,12H2,1-2H3,(H2,21,22,24)/t18-/m1/s1. The molecule has 2 amide bonds. The van der Waals surface area contributed by atoms with Gasteiger partial charge in [-0.25, -0.2) is 9.59 Å². The summed E-state index contributed by atoms with van der Waals surface area (Å²) in [4.78, 5) is 25.7. The van der Waals surface area contributed by atoms with Crippen LogP contribution in [0.4, 0.5) is 4.79 Å². The summed E-state index contributed by atoms with van der Waals surface area (Å²) in [5.41, 5.74) is 2.67. The van der Waals surface area contributed by atoms with E-state index in [1.54, 1.807) is 18.7 Å². The Morgan fingerprint density at radius 2 is 1.81 bits per heavy atom. The average molecular weight is 368 g/mol. The van der Waals surface area contributed by atoms with E-state index in [1.165, 1.54) is 0 Å². The number of esters is 1. The molecule has 0 aromatic heterocycles. The first-order valence-electron chi connectivity index (χ1n) is 8.22. The molecule has 1 aliphatic heterocycles. The SMILES string of the molecule is CSc1ccc([C@H]2NC(=O)NC(C)=C2C(=O)OCc2ccccc2)cc1. The topological polar surface area (TPSA) is 67.4 Å². The molecule has 2 aromatic carbocycles. The first kappa shape index (κ1) is 18.1. The molecule has 0 fully saturated rings. The van der Waals surface area contributed by atoms with Gasteiger partial charge in [-0.3, -0.25) is 0 Å². The fourth-order valence-electron chi connectivity index (χ4n) is 2.81. The van der Waals surface area contributed by atoms with Gasteiger partial charge in [-0.15, -0.1) is 11.8 Å². The van der Waals surface area contributed by atoms with Crippen molar-refractivity contribution in [2.24, 2.45) is 0 Å². The zero-order valence-corrected chi connectivity index (χ0v) is 15.4. The van der Waals surface area contributed by atoms with Crippen molar-refractivity contribution >= 4 is 23.8 Å². The predicted octanol–water partition coefficient (Wildman–Crippen LogP) is 3.78. The van der Waals surface area contributed by atoms with Crippen LogP contribution in [0, 0.1) is 0 Å². The van der Waals surface area contributed by atoms with Gasteiger partial charge in [0.25, 0.3) is 0 Å². The molecule has 26 heavy (non-hydrogen) atoms. The molecule has 5 nitrogen and oxygen atoms in total. The van der Waals surface area contributed by atoms with E-state index in [1.807, 2.05) is 60.9 Å². The number of rotatable bonds is 5. The molecule has 0 saturated carbocycles. The van der Waals surface area contributed by atoms with Gasteiger partial charge in [0, 0.05) is 10.6 Å². The number of allylic oxidation sites excluding steroid dienone is 1. The van der Waals surface area contributed by atoms with Gasteiger partial charge >= 0.3 is 12.0 Å². The molecule has 3 rings (SSSR count). The van der Waals surface area contributed by atoms with E-state index in [0.29, 0.717) is 11.3 Å². The van der Waals surface area contributed by atoms with Gasteiger partial charge < -0.3 is 15.4 Å². The third-order valence-electron chi connectivity index (χ3n) is 4.15. The fourth-order valence-corrected chi connectivity index (χ4v) is 3.22. The molecule has 0 unspecified atom stereocenters. The number of amides is 2. The fraction of sp³-hybridized carbons (Fsp3) is 0.200. The second kappa shape index (κ2) is 8.10. The van der Waals surface area contributed by atoms with Gasteiger partial charge in [-0.2, -0.15) is 0 Å². The van der Waals surface area contributed by atoms with Crippen LogP contribution in [0.1, 0.15) is 24.1 Å². The molecule has 6 heteroatoms. The summed E-state index contributed by atoms with van der Waals surface area (Å²) in [5.74, 6) is -0.446. The number of thioether (sulfide) groups is 1. The van der Waals surface area contributed by atoms with Crippen LogP contribution in [0.2, 0.25) is 0 Å². The molecule has 0 aliphatic carbocycles. The zero-order chi connectivity index (χ0) is 18.5. The minimum atomic E-state index is -0.539. The van der Waals surface area contributed by atoms with Crippen LogP contribution in [-0.2, 0) is 16.1 Å². The molecule has 0 bridgehead atoms. The summed E-state index contributed by atoms with van der Waals surface area (Å²) >= 11 is 1.63. The van der Waals surface area contributed by atoms with Crippen molar-refractivity contribution in [2.45, 2.75) is 24.5 Å². The van der Waals surface area contributed by atoms with Gasteiger partial charge in [0.2, 0.25) is 0 Å². The van der Waals surface area contributed by atoms with Gasteiger partial charge in [0.05, 0.1) is 11.6 Å².